The lowest BCUT2D eigenvalue weighted by atomic mass is 9.99. The standard InChI is InChI=1S/C28H32FN3O2/c1-3-13-30-28(34)21-7-10-24(11-8-21)32-16-14-31(15-17-32)20(2)26-12-9-23(19-27(26)29)22-5-4-6-25(33)18-22/h4-12,18-20,33H,3,13-17H2,1-2H3,(H,30,34). The van der Waals surface area contributed by atoms with Crippen LogP contribution in [0.1, 0.15) is 42.2 Å². The van der Waals surface area contributed by atoms with Gasteiger partial charge < -0.3 is 15.3 Å². The highest BCUT2D eigenvalue weighted by molar-refractivity contribution is 5.94. The van der Waals surface area contributed by atoms with Crippen LogP contribution in [0.25, 0.3) is 11.1 Å². The van der Waals surface area contributed by atoms with Crippen molar-refractivity contribution in [3.63, 3.8) is 0 Å². The summed E-state index contributed by atoms with van der Waals surface area (Å²) in [6, 6.07) is 19.9. The molecule has 34 heavy (non-hydrogen) atoms. The average molecular weight is 462 g/mol. The first-order valence-electron chi connectivity index (χ1n) is 11.9. The van der Waals surface area contributed by atoms with Crippen molar-refractivity contribution in [2.75, 3.05) is 37.6 Å². The predicted octanol–water partition coefficient (Wildman–Crippen LogP) is 5.22. The average Bonchev–Trinajstić information content (AvgIpc) is 2.87. The molecule has 1 unspecified atom stereocenters. The van der Waals surface area contributed by atoms with Crippen LogP contribution in [0, 0.1) is 5.82 Å². The third-order valence-corrected chi connectivity index (χ3v) is 6.52. The molecule has 3 aromatic carbocycles. The molecule has 1 amide bonds. The minimum Gasteiger partial charge on any atom is -0.508 e. The number of benzene rings is 3. The Kier molecular flexibility index (Phi) is 7.48. The Morgan fingerprint density at radius 2 is 1.71 bits per heavy atom. The highest BCUT2D eigenvalue weighted by Crippen LogP contribution is 2.30. The molecule has 0 spiro atoms. The number of anilines is 1. The highest BCUT2D eigenvalue weighted by Gasteiger charge is 2.24. The summed E-state index contributed by atoms with van der Waals surface area (Å²) in [6.45, 7) is 8.10. The van der Waals surface area contributed by atoms with Crippen LogP contribution in [0.15, 0.2) is 66.7 Å². The predicted molar refractivity (Wildman–Crippen MR) is 135 cm³/mol. The largest absolute Gasteiger partial charge is 0.508 e. The van der Waals surface area contributed by atoms with Gasteiger partial charge in [0.15, 0.2) is 0 Å². The highest BCUT2D eigenvalue weighted by atomic mass is 19.1. The van der Waals surface area contributed by atoms with E-state index in [0.29, 0.717) is 17.7 Å². The molecule has 1 saturated heterocycles. The molecule has 2 N–H and O–H groups in total. The summed E-state index contributed by atoms with van der Waals surface area (Å²) in [5, 5.41) is 12.6. The molecule has 1 atom stereocenters. The van der Waals surface area contributed by atoms with E-state index in [0.717, 1.165) is 49.4 Å². The number of carbonyl (C=O) groups excluding carboxylic acids is 1. The lowest BCUT2D eigenvalue weighted by Gasteiger charge is -2.39. The van der Waals surface area contributed by atoms with Crippen molar-refractivity contribution in [3.05, 3.63) is 83.7 Å². The maximum absolute atomic E-state index is 15.0. The number of piperazine rings is 1. The molecule has 5 nitrogen and oxygen atoms in total. The van der Waals surface area contributed by atoms with Crippen molar-refractivity contribution in [2.45, 2.75) is 26.3 Å². The molecule has 6 heteroatoms. The summed E-state index contributed by atoms with van der Waals surface area (Å²) in [7, 11) is 0. The molecule has 1 aliphatic heterocycles. The number of phenolic OH excluding ortho intramolecular Hbond substituents is 1. The zero-order valence-electron chi connectivity index (χ0n) is 19.8. The Labute approximate surface area is 200 Å². The number of halogens is 1. The molecule has 0 bridgehead atoms. The summed E-state index contributed by atoms with van der Waals surface area (Å²) in [6.07, 6.45) is 0.915. The number of rotatable bonds is 7. The Bertz CT molecular complexity index is 1120. The fourth-order valence-electron chi connectivity index (χ4n) is 4.46. The number of carbonyl (C=O) groups is 1. The Morgan fingerprint density at radius 3 is 2.35 bits per heavy atom. The number of hydrogen-bond donors (Lipinski definition) is 2. The fraction of sp³-hybridized carbons (Fsp3) is 0.321. The molecule has 0 aliphatic carbocycles. The van der Waals surface area contributed by atoms with Crippen LogP contribution in [0.5, 0.6) is 5.75 Å². The normalized spacial score (nSPS) is 15.2. The molecule has 0 aromatic heterocycles. The minimum atomic E-state index is -0.229. The molecule has 1 heterocycles. The maximum atomic E-state index is 15.0. The van der Waals surface area contributed by atoms with Crippen molar-refractivity contribution < 1.29 is 14.3 Å². The lowest BCUT2D eigenvalue weighted by molar-refractivity contribution is 0.0953. The van der Waals surface area contributed by atoms with Crippen molar-refractivity contribution in [1.29, 1.82) is 0 Å². The van der Waals surface area contributed by atoms with E-state index in [-0.39, 0.29) is 23.5 Å². The van der Waals surface area contributed by atoms with Crippen LogP contribution in [0.4, 0.5) is 10.1 Å². The molecule has 1 fully saturated rings. The van der Waals surface area contributed by atoms with E-state index < -0.39 is 0 Å². The topological polar surface area (TPSA) is 55.8 Å². The third kappa shape index (κ3) is 5.39. The summed E-state index contributed by atoms with van der Waals surface area (Å²) >= 11 is 0. The minimum absolute atomic E-state index is 0.0370. The SMILES string of the molecule is CCCNC(=O)c1ccc(N2CCN(C(C)c3ccc(-c4cccc(O)c4)cc3F)CC2)cc1. The number of aromatic hydroxyl groups is 1. The molecule has 0 saturated carbocycles. The second kappa shape index (κ2) is 10.7. The first-order chi connectivity index (χ1) is 16.5. The van der Waals surface area contributed by atoms with Gasteiger partial charge in [0.25, 0.3) is 5.91 Å². The molecule has 1 aliphatic rings. The molecule has 0 radical (unpaired) electrons. The van der Waals surface area contributed by atoms with Crippen molar-refractivity contribution in [2.24, 2.45) is 0 Å². The number of phenols is 1. The van der Waals surface area contributed by atoms with Crippen molar-refractivity contribution in [3.8, 4) is 16.9 Å². The Hall–Kier alpha value is -3.38. The van der Waals surface area contributed by atoms with E-state index in [4.69, 9.17) is 0 Å². The molecular formula is C28H32FN3O2. The van der Waals surface area contributed by atoms with Crippen LogP contribution in [-0.2, 0) is 0 Å². The van der Waals surface area contributed by atoms with Gasteiger partial charge in [-0.05, 0) is 66.9 Å². The van der Waals surface area contributed by atoms with E-state index in [2.05, 4.69) is 15.1 Å². The zero-order valence-corrected chi connectivity index (χ0v) is 19.8. The number of nitrogens with zero attached hydrogens (tertiary/aromatic N) is 2. The van der Waals surface area contributed by atoms with E-state index >= 15 is 4.39 Å². The summed E-state index contributed by atoms with van der Waals surface area (Å²) in [5.41, 5.74) is 4.00. The molecule has 178 valence electrons. The summed E-state index contributed by atoms with van der Waals surface area (Å²) in [4.78, 5) is 16.7. The molecule has 3 aromatic rings. The van der Waals surface area contributed by atoms with Crippen LogP contribution in [0.3, 0.4) is 0 Å². The van der Waals surface area contributed by atoms with Gasteiger partial charge in [-0.2, -0.15) is 0 Å². The third-order valence-electron chi connectivity index (χ3n) is 6.52. The second-order valence-electron chi connectivity index (χ2n) is 8.79. The summed E-state index contributed by atoms with van der Waals surface area (Å²) < 4.78 is 15.0. The first-order valence-corrected chi connectivity index (χ1v) is 11.9. The van der Waals surface area contributed by atoms with Crippen LogP contribution < -0.4 is 10.2 Å². The Morgan fingerprint density at radius 1 is 1.00 bits per heavy atom. The van der Waals surface area contributed by atoms with E-state index in [1.54, 1.807) is 24.3 Å². The summed E-state index contributed by atoms with van der Waals surface area (Å²) in [5.74, 6) is -0.0977. The number of nitrogens with one attached hydrogen (secondary N) is 1. The van der Waals surface area contributed by atoms with Gasteiger partial charge in [-0.1, -0.05) is 31.2 Å². The number of hydrogen-bond acceptors (Lipinski definition) is 4. The van der Waals surface area contributed by atoms with Gasteiger partial charge in [0.05, 0.1) is 0 Å². The van der Waals surface area contributed by atoms with E-state index in [9.17, 15) is 9.90 Å². The van der Waals surface area contributed by atoms with Crippen LogP contribution in [-0.4, -0.2) is 48.6 Å². The quantitative estimate of drug-likeness (QED) is 0.507. The van der Waals surface area contributed by atoms with Gasteiger partial charge >= 0.3 is 0 Å². The number of amides is 1. The van der Waals surface area contributed by atoms with Crippen molar-refractivity contribution >= 4 is 11.6 Å². The van der Waals surface area contributed by atoms with E-state index in [1.807, 2.05) is 56.3 Å². The second-order valence-corrected chi connectivity index (χ2v) is 8.79. The first kappa shape index (κ1) is 23.8. The van der Waals surface area contributed by atoms with Crippen LogP contribution in [0.2, 0.25) is 0 Å². The van der Waals surface area contributed by atoms with Crippen molar-refractivity contribution in [1.82, 2.24) is 10.2 Å². The van der Waals surface area contributed by atoms with Gasteiger partial charge in [-0.3, -0.25) is 9.69 Å². The lowest BCUT2D eigenvalue weighted by Crippen LogP contribution is -2.47. The van der Waals surface area contributed by atoms with Gasteiger partial charge in [-0.25, -0.2) is 4.39 Å². The maximum Gasteiger partial charge on any atom is 0.251 e. The smallest absolute Gasteiger partial charge is 0.251 e. The van der Waals surface area contributed by atoms with E-state index in [1.165, 1.54) is 0 Å². The van der Waals surface area contributed by atoms with Gasteiger partial charge in [-0.15, -0.1) is 0 Å². The molecular weight excluding hydrogens is 429 g/mol. The monoisotopic (exact) mass is 461 g/mol. The zero-order chi connectivity index (χ0) is 24.1. The van der Waals surface area contributed by atoms with Gasteiger partial charge in [0.1, 0.15) is 11.6 Å². The van der Waals surface area contributed by atoms with Gasteiger partial charge in [0, 0.05) is 55.6 Å². The van der Waals surface area contributed by atoms with Crippen LogP contribution >= 0.6 is 0 Å². The molecule has 4 rings (SSSR count). The Balaban J connectivity index is 1.37. The fourth-order valence-corrected chi connectivity index (χ4v) is 4.46. The van der Waals surface area contributed by atoms with Gasteiger partial charge in [0.2, 0.25) is 0 Å².